The van der Waals surface area contributed by atoms with E-state index in [1.807, 2.05) is 0 Å². The van der Waals surface area contributed by atoms with E-state index in [-0.39, 0.29) is 10.2 Å². The van der Waals surface area contributed by atoms with Gasteiger partial charge in [0.25, 0.3) is 0 Å². The first-order valence-corrected chi connectivity index (χ1v) is 7.39. The lowest BCUT2D eigenvalue weighted by atomic mass is 10.3. The normalized spacial score (nSPS) is 12.5. The Kier molecular flexibility index (Phi) is 4.84. The van der Waals surface area contributed by atoms with Crippen molar-refractivity contribution in [2.45, 2.75) is 16.5 Å². The third-order valence-electron chi connectivity index (χ3n) is 1.78. The molecule has 11 heteroatoms. The Hall–Kier alpha value is -0.820. The van der Waals surface area contributed by atoms with Crippen LogP contribution >= 0.6 is 22.6 Å². The van der Waals surface area contributed by atoms with Crippen molar-refractivity contribution in [2.75, 3.05) is 0 Å². The molecule has 0 aliphatic carbocycles. The minimum absolute atomic E-state index is 0.121. The molecule has 0 spiro atoms. The van der Waals surface area contributed by atoms with Crippen molar-refractivity contribution in [3.05, 3.63) is 27.8 Å². The minimum Gasteiger partial charge on any atom is -0.459 e. The zero-order valence-corrected chi connectivity index (χ0v) is 11.9. The van der Waals surface area contributed by atoms with Gasteiger partial charge in [-0.3, -0.25) is 4.79 Å². The first kappa shape index (κ1) is 16.2. The van der Waals surface area contributed by atoms with Gasteiger partial charge in [-0.25, -0.2) is 0 Å². The predicted molar refractivity (Wildman–Crippen MR) is 64.2 cm³/mol. The maximum Gasteiger partial charge on any atom is 0.534 e. The molecule has 0 atom stereocenters. The van der Waals surface area contributed by atoms with Crippen LogP contribution in [0.2, 0.25) is 0 Å². The zero-order chi connectivity index (χ0) is 14.8. The molecule has 0 aliphatic heterocycles. The molecule has 0 bridgehead atoms. The highest BCUT2D eigenvalue weighted by atomic mass is 127. The lowest BCUT2D eigenvalue weighted by Crippen LogP contribution is -2.30. The Labute approximate surface area is 118 Å². The highest BCUT2D eigenvalue weighted by Gasteiger charge is 2.49. The second kappa shape index (κ2) is 5.66. The summed E-state index contributed by atoms with van der Waals surface area (Å²) in [6, 6.07) is 0.650. The lowest BCUT2D eigenvalue weighted by molar-refractivity contribution is -0.0501. The molecule has 1 aromatic heterocycles. The summed E-state index contributed by atoms with van der Waals surface area (Å²) in [4.78, 5) is 11.5. The van der Waals surface area contributed by atoms with E-state index >= 15 is 0 Å². The quantitative estimate of drug-likeness (QED) is 0.346. The first-order valence-electron chi connectivity index (χ1n) is 4.46. The van der Waals surface area contributed by atoms with Gasteiger partial charge in [0.15, 0.2) is 5.76 Å². The summed E-state index contributed by atoms with van der Waals surface area (Å²) < 4.78 is 66.6. The fourth-order valence-electron chi connectivity index (χ4n) is 0.994. The Morgan fingerprint density at radius 2 is 2.00 bits per heavy atom. The smallest absolute Gasteiger partial charge is 0.459 e. The maximum absolute atomic E-state index is 12.1. The predicted octanol–water partition coefficient (Wildman–Crippen LogP) is 1.30. The largest absolute Gasteiger partial charge is 0.534 e. The third-order valence-corrected chi connectivity index (χ3v) is 3.42. The van der Waals surface area contributed by atoms with E-state index in [0.29, 0.717) is 6.07 Å². The summed E-state index contributed by atoms with van der Waals surface area (Å²) in [5.41, 5.74) is -6.78. The van der Waals surface area contributed by atoms with Gasteiger partial charge in [0, 0.05) is 6.07 Å². The molecule has 0 fully saturated rings. The molecule has 0 aliphatic rings. The summed E-state index contributed by atoms with van der Waals surface area (Å²) in [6.45, 7) is -0.662. The Morgan fingerprint density at radius 1 is 1.42 bits per heavy atom. The molecule has 1 heterocycles. The van der Waals surface area contributed by atoms with Crippen LogP contribution in [0, 0.1) is 0 Å². The topological polar surface area (TPSA) is 93.8 Å². The van der Waals surface area contributed by atoms with Gasteiger partial charge in [-0.05, 0) is 0 Å². The summed E-state index contributed by atoms with van der Waals surface area (Å²) in [6.07, 6.45) is 0. The van der Waals surface area contributed by atoms with Gasteiger partial charge in [0.05, 0.1) is 4.43 Å². The number of hydrogen-bond acceptors (Lipinski definition) is 6. The van der Waals surface area contributed by atoms with Crippen LogP contribution in [0.5, 0.6) is 5.75 Å². The van der Waals surface area contributed by atoms with Crippen LogP contribution in [0.15, 0.2) is 15.3 Å². The molecule has 0 aromatic carbocycles. The third kappa shape index (κ3) is 3.60. The molecular weight excluding hydrogens is 408 g/mol. The number of hydrogen-bond donors (Lipinski definition) is 1. The van der Waals surface area contributed by atoms with Crippen LogP contribution in [0.4, 0.5) is 13.2 Å². The zero-order valence-electron chi connectivity index (χ0n) is 8.90. The number of halogens is 4. The molecule has 0 amide bonds. The van der Waals surface area contributed by atoms with E-state index in [4.69, 9.17) is 9.52 Å². The Bertz CT molecular complexity index is 620. The average molecular weight is 414 g/mol. The minimum atomic E-state index is -5.95. The number of aliphatic hydroxyl groups excluding tert-OH is 1. The SMILES string of the molecule is O=c1cc(CO)oc(CI)c1OS(=O)(=O)C(F)(F)F. The van der Waals surface area contributed by atoms with Crippen LogP contribution in [0.25, 0.3) is 0 Å². The summed E-state index contributed by atoms with van der Waals surface area (Å²) in [5.74, 6) is -1.69. The van der Waals surface area contributed by atoms with Crippen molar-refractivity contribution in [1.29, 1.82) is 0 Å². The standard InChI is InChI=1S/C8H6F3IO6S/c9-8(10,11)19(15,16)18-7-5(14)1-4(3-13)17-6(7)2-12/h1,13H,2-3H2. The molecule has 0 saturated heterocycles. The summed E-state index contributed by atoms with van der Waals surface area (Å²) in [5, 5.41) is 8.76. The van der Waals surface area contributed by atoms with Crippen LogP contribution < -0.4 is 9.61 Å². The van der Waals surface area contributed by atoms with E-state index in [1.165, 1.54) is 0 Å². The van der Waals surface area contributed by atoms with Gasteiger partial charge >= 0.3 is 15.6 Å². The molecule has 1 N–H and O–H groups in total. The maximum atomic E-state index is 12.1. The van der Waals surface area contributed by atoms with E-state index < -0.39 is 39.2 Å². The van der Waals surface area contributed by atoms with E-state index in [0.717, 1.165) is 0 Å². The molecule has 1 aromatic rings. The lowest BCUT2D eigenvalue weighted by Gasteiger charge is -2.11. The molecule has 0 saturated carbocycles. The van der Waals surface area contributed by atoms with Crippen molar-refractivity contribution in [1.82, 2.24) is 0 Å². The van der Waals surface area contributed by atoms with Crippen LogP contribution in [0.3, 0.4) is 0 Å². The van der Waals surface area contributed by atoms with Crippen molar-refractivity contribution in [3.8, 4) is 5.75 Å². The molecule has 0 radical (unpaired) electrons. The van der Waals surface area contributed by atoms with Gasteiger partial charge in [-0.1, -0.05) is 22.6 Å². The van der Waals surface area contributed by atoms with Crippen LogP contribution in [0.1, 0.15) is 11.5 Å². The van der Waals surface area contributed by atoms with Gasteiger partial charge in [0.1, 0.15) is 12.4 Å². The van der Waals surface area contributed by atoms with E-state index in [1.54, 1.807) is 22.6 Å². The van der Waals surface area contributed by atoms with Gasteiger partial charge in [-0.15, -0.1) is 0 Å². The van der Waals surface area contributed by atoms with Crippen LogP contribution in [-0.4, -0.2) is 19.0 Å². The summed E-state index contributed by atoms with van der Waals surface area (Å²) >= 11 is 1.63. The highest BCUT2D eigenvalue weighted by molar-refractivity contribution is 14.1. The van der Waals surface area contributed by atoms with Crippen molar-refractivity contribution in [3.63, 3.8) is 0 Å². The van der Waals surface area contributed by atoms with Crippen molar-refractivity contribution < 1.29 is 35.3 Å². The van der Waals surface area contributed by atoms with Crippen molar-refractivity contribution >= 4 is 32.7 Å². The number of alkyl halides is 4. The fourth-order valence-corrected chi connectivity index (χ4v) is 1.98. The first-order chi connectivity index (χ1) is 8.62. The number of aliphatic hydroxyl groups is 1. The number of rotatable bonds is 4. The van der Waals surface area contributed by atoms with E-state index in [2.05, 4.69) is 4.18 Å². The second-order valence-corrected chi connectivity index (χ2v) is 5.40. The van der Waals surface area contributed by atoms with Gasteiger partial charge < -0.3 is 13.7 Å². The monoisotopic (exact) mass is 414 g/mol. The second-order valence-electron chi connectivity index (χ2n) is 3.10. The molecule has 6 nitrogen and oxygen atoms in total. The Balaban J connectivity index is 3.34. The highest BCUT2D eigenvalue weighted by Crippen LogP contribution is 2.28. The average Bonchev–Trinajstić information content (AvgIpc) is 2.29. The Morgan fingerprint density at radius 3 is 2.42 bits per heavy atom. The molecule has 19 heavy (non-hydrogen) atoms. The summed E-state index contributed by atoms with van der Waals surface area (Å²) in [7, 11) is -5.95. The van der Waals surface area contributed by atoms with Crippen molar-refractivity contribution in [2.24, 2.45) is 0 Å². The molecule has 0 unspecified atom stereocenters. The van der Waals surface area contributed by atoms with Gasteiger partial charge in [0.2, 0.25) is 11.2 Å². The van der Waals surface area contributed by atoms with E-state index in [9.17, 15) is 26.4 Å². The van der Waals surface area contributed by atoms with Crippen LogP contribution in [-0.2, 0) is 21.2 Å². The molecular formula is C8H6F3IO6S. The molecule has 1 rings (SSSR count). The molecule has 108 valence electrons. The fraction of sp³-hybridized carbons (Fsp3) is 0.375. The van der Waals surface area contributed by atoms with Gasteiger partial charge in [-0.2, -0.15) is 21.6 Å².